The molecule has 0 radical (unpaired) electrons. The SMILES string of the molecule is COc1ccc(OCc2ccccc2)cc1CCc1ccc(OCc2ccccc2)c(OC)c1. The van der Waals surface area contributed by atoms with Gasteiger partial charge in [0.2, 0.25) is 0 Å². The minimum atomic E-state index is 0.503. The van der Waals surface area contributed by atoms with Crippen LogP contribution in [0.5, 0.6) is 23.0 Å². The standard InChI is InChI=1S/C30H30O4/c1-31-28-18-16-27(33-21-24-9-5-3-6-10-24)20-26(28)15-13-23-14-17-29(30(19-23)32-2)34-22-25-11-7-4-8-12-25/h3-12,14,16-20H,13,15,21-22H2,1-2H3. The molecule has 0 fully saturated rings. The molecule has 174 valence electrons. The fourth-order valence-electron chi connectivity index (χ4n) is 3.78. The van der Waals surface area contributed by atoms with Crippen LogP contribution in [-0.4, -0.2) is 14.2 Å². The first kappa shape index (κ1) is 23.2. The Morgan fingerprint density at radius 2 is 1.12 bits per heavy atom. The summed E-state index contributed by atoms with van der Waals surface area (Å²) in [5, 5.41) is 0. The van der Waals surface area contributed by atoms with Gasteiger partial charge in [-0.05, 0) is 65.4 Å². The minimum Gasteiger partial charge on any atom is -0.496 e. The highest BCUT2D eigenvalue weighted by Gasteiger charge is 2.10. The quantitative estimate of drug-likeness (QED) is 0.254. The summed E-state index contributed by atoms with van der Waals surface area (Å²) in [6, 6.07) is 32.4. The zero-order chi connectivity index (χ0) is 23.6. The van der Waals surface area contributed by atoms with Gasteiger partial charge in [-0.25, -0.2) is 0 Å². The van der Waals surface area contributed by atoms with Crippen molar-refractivity contribution < 1.29 is 18.9 Å². The second-order valence-corrected chi connectivity index (χ2v) is 8.01. The summed E-state index contributed by atoms with van der Waals surface area (Å²) in [5.41, 5.74) is 4.54. The Morgan fingerprint density at radius 1 is 0.500 bits per heavy atom. The van der Waals surface area contributed by atoms with Crippen molar-refractivity contribution in [1.29, 1.82) is 0 Å². The Hall–Kier alpha value is -3.92. The third-order valence-corrected chi connectivity index (χ3v) is 5.65. The smallest absolute Gasteiger partial charge is 0.161 e. The lowest BCUT2D eigenvalue weighted by atomic mass is 10.0. The minimum absolute atomic E-state index is 0.503. The summed E-state index contributed by atoms with van der Waals surface area (Å²) in [4.78, 5) is 0. The molecule has 0 saturated carbocycles. The molecule has 0 spiro atoms. The molecule has 0 bridgehead atoms. The number of methoxy groups -OCH3 is 2. The molecule has 0 saturated heterocycles. The van der Waals surface area contributed by atoms with Crippen LogP contribution >= 0.6 is 0 Å². The van der Waals surface area contributed by atoms with Crippen LogP contribution in [0.1, 0.15) is 22.3 Å². The van der Waals surface area contributed by atoms with Crippen LogP contribution in [-0.2, 0) is 26.1 Å². The first-order valence-corrected chi connectivity index (χ1v) is 11.4. The van der Waals surface area contributed by atoms with Crippen LogP contribution < -0.4 is 18.9 Å². The summed E-state index contributed by atoms with van der Waals surface area (Å²) >= 11 is 0. The molecule has 4 nitrogen and oxygen atoms in total. The highest BCUT2D eigenvalue weighted by atomic mass is 16.5. The van der Waals surface area contributed by atoms with E-state index in [4.69, 9.17) is 18.9 Å². The van der Waals surface area contributed by atoms with Crippen molar-refractivity contribution in [3.8, 4) is 23.0 Å². The Kier molecular flexibility index (Phi) is 8.07. The number of rotatable bonds is 11. The molecule has 0 unspecified atom stereocenters. The molecule has 0 aliphatic rings. The second-order valence-electron chi connectivity index (χ2n) is 8.01. The molecule has 4 rings (SSSR count). The van der Waals surface area contributed by atoms with Crippen LogP contribution in [0.2, 0.25) is 0 Å². The van der Waals surface area contributed by atoms with Crippen molar-refractivity contribution in [2.45, 2.75) is 26.1 Å². The van der Waals surface area contributed by atoms with Gasteiger partial charge in [0.25, 0.3) is 0 Å². The fraction of sp³-hybridized carbons (Fsp3) is 0.200. The van der Waals surface area contributed by atoms with Gasteiger partial charge in [0, 0.05) is 0 Å². The molecule has 4 aromatic carbocycles. The van der Waals surface area contributed by atoms with E-state index in [1.807, 2.05) is 72.8 Å². The maximum atomic E-state index is 6.01. The van der Waals surface area contributed by atoms with Crippen molar-refractivity contribution in [3.63, 3.8) is 0 Å². The Morgan fingerprint density at radius 3 is 1.76 bits per heavy atom. The maximum absolute atomic E-state index is 6.01. The molecule has 0 aliphatic heterocycles. The van der Waals surface area contributed by atoms with E-state index in [1.54, 1.807) is 14.2 Å². The summed E-state index contributed by atoms with van der Waals surface area (Å²) in [6.07, 6.45) is 1.66. The van der Waals surface area contributed by atoms with Gasteiger partial charge in [-0.15, -0.1) is 0 Å². The number of aryl methyl sites for hydroxylation is 2. The van der Waals surface area contributed by atoms with E-state index < -0.39 is 0 Å². The summed E-state index contributed by atoms with van der Waals surface area (Å²) in [6.45, 7) is 1.04. The molecular formula is C30H30O4. The third-order valence-electron chi connectivity index (χ3n) is 5.65. The van der Waals surface area contributed by atoms with Gasteiger partial charge in [-0.2, -0.15) is 0 Å². The number of ether oxygens (including phenoxy) is 4. The van der Waals surface area contributed by atoms with E-state index in [-0.39, 0.29) is 0 Å². The van der Waals surface area contributed by atoms with Crippen molar-refractivity contribution >= 4 is 0 Å². The number of hydrogen-bond donors (Lipinski definition) is 0. The van der Waals surface area contributed by atoms with Gasteiger partial charge in [0.05, 0.1) is 14.2 Å². The molecule has 0 atom stereocenters. The van der Waals surface area contributed by atoms with Gasteiger partial charge >= 0.3 is 0 Å². The maximum Gasteiger partial charge on any atom is 0.161 e. The average molecular weight is 455 g/mol. The first-order valence-electron chi connectivity index (χ1n) is 11.4. The van der Waals surface area contributed by atoms with Gasteiger partial charge in [-0.3, -0.25) is 0 Å². The van der Waals surface area contributed by atoms with Crippen LogP contribution in [0.15, 0.2) is 97.1 Å². The Bertz CT molecular complexity index is 1170. The van der Waals surface area contributed by atoms with E-state index in [1.165, 1.54) is 5.56 Å². The lowest BCUT2D eigenvalue weighted by molar-refractivity contribution is 0.284. The van der Waals surface area contributed by atoms with Crippen LogP contribution in [0, 0.1) is 0 Å². The lowest BCUT2D eigenvalue weighted by Gasteiger charge is -2.14. The van der Waals surface area contributed by atoms with Crippen molar-refractivity contribution in [3.05, 3.63) is 119 Å². The molecule has 4 aromatic rings. The summed E-state index contributed by atoms with van der Waals surface area (Å²) in [5.74, 6) is 3.17. The number of hydrogen-bond acceptors (Lipinski definition) is 4. The van der Waals surface area contributed by atoms with Gasteiger partial charge in [0.15, 0.2) is 11.5 Å². The molecule has 0 aromatic heterocycles. The van der Waals surface area contributed by atoms with Crippen molar-refractivity contribution in [2.75, 3.05) is 14.2 Å². The fourth-order valence-corrected chi connectivity index (χ4v) is 3.78. The molecule has 4 heteroatoms. The van der Waals surface area contributed by atoms with Crippen LogP contribution in [0.4, 0.5) is 0 Å². The zero-order valence-corrected chi connectivity index (χ0v) is 19.7. The summed E-state index contributed by atoms with van der Waals surface area (Å²) in [7, 11) is 3.37. The van der Waals surface area contributed by atoms with E-state index >= 15 is 0 Å². The third kappa shape index (κ3) is 6.32. The van der Waals surface area contributed by atoms with Crippen LogP contribution in [0.25, 0.3) is 0 Å². The van der Waals surface area contributed by atoms with E-state index in [2.05, 4.69) is 24.3 Å². The zero-order valence-electron chi connectivity index (χ0n) is 19.7. The first-order chi connectivity index (χ1) is 16.7. The topological polar surface area (TPSA) is 36.9 Å². The van der Waals surface area contributed by atoms with Crippen molar-refractivity contribution in [2.24, 2.45) is 0 Å². The predicted molar refractivity (Wildman–Crippen MR) is 135 cm³/mol. The Labute approximate surface area is 201 Å². The predicted octanol–water partition coefficient (Wildman–Crippen LogP) is 6.65. The number of benzene rings is 4. The average Bonchev–Trinajstić information content (AvgIpc) is 2.91. The largest absolute Gasteiger partial charge is 0.496 e. The molecule has 0 amide bonds. The van der Waals surface area contributed by atoms with E-state index in [9.17, 15) is 0 Å². The second kappa shape index (κ2) is 11.8. The molecule has 34 heavy (non-hydrogen) atoms. The molecule has 0 aliphatic carbocycles. The van der Waals surface area contributed by atoms with Crippen molar-refractivity contribution in [1.82, 2.24) is 0 Å². The normalized spacial score (nSPS) is 10.5. The van der Waals surface area contributed by atoms with E-state index in [0.717, 1.165) is 52.5 Å². The lowest BCUT2D eigenvalue weighted by Crippen LogP contribution is -2.00. The highest BCUT2D eigenvalue weighted by Crippen LogP contribution is 2.31. The van der Waals surface area contributed by atoms with Gasteiger partial charge < -0.3 is 18.9 Å². The summed E-state index contributed by atoms with van der Waals surface area (Å²) < 4.78 is 23.2. The van der Waals surface area contributed by atoms with Crippen LogP contribution in [0.3, 0.4) is 0 Å². The van der Waals surface area contributed by atoms with E-state index in [0.29, 0.717) is 13.2 Å². The molecule has 0 heterocycles. The highest BCUT2D eigenvalue weighted by molar-refractivity contribution is 5.44. The van der Waals surface area contributed by atoms with Gasteiger partial charge in [0.1, 0.15) is 24.7 Å². The molecule has 0 N–H and O–H groups in total. The van der Waals surface area contributed by atoms with Gasteiger partial charge in [-0.1, -0.05) is 66.7 Å². The monoisotopic (exact) mass is 454 g/mol. The molecular weight excluding hydrogens is 424 g/mol. The Balaban J connectivity index is 1.40.